The normalized spacial score (nSPS) is 25.8. The molecule has 0 aromatic carbocycles. The van der Waals surface area contributed by atoms with Gasteiger partial charge in [0.25, 0.3) is 0 Å². The second kappa shape index (κ2) is 5.54. The number of carboxylic acids is 1. The van der Waals surface area contributed by atoms with E-state index in [2.05, 4.69) is 4.72 Å². The maximum absolute atomic E-state index is 11.5. The number of sulfone groups is 1. The van der Waals surface area contributed by atoms with Crippen LogP contribution >= 0.6 is 0 Å². The Hall–Kier alpha value is -0.670. The zero-order valence-electron chi connectivity index (χ0n) is 10.00. The van der Waals surface area contributed by atoms with Crippen molar-refractivity contribution < 1.29 is 26.7 Å². The fourth-order valence-electron chi connectivity index (χ4n) is 2.03. The minimum Gasteiger partial charge on any atom is -0.481 e. The first-order valence-electron chi connectivity index (χ1n) is 5.49. The van der Waals surface area contributed by atoms with Crippen molar-refractivity contribution in [2.45, 2.75) is 31.7 Å². The number of nitrogens with one attached hydrogen (secondary N) is 1. The number of carbonyl (C=O) groups is 1. The van der Waals surface area contributed by atoms with E-state index in [0.717, 1.165) is 6.26 Å². The Morgan fingerprint density at radius 3 is 2.06 bits per heavy atom. The second-order valence-electron chi connectivity index (χ2n) is 4.66. The third kappa shape index (κ3) is 5.32. The molecule has 0 saturated heterocycles. The minimum absolute atomic E-state index is 0.368. The third-order valence-electron chi connectivity index (χ3n) is 2.79. The van der Waals surface area contributed by atoms with Gasteiger partial charge in [0.05, 0.1) is 5.92 Å². The van der Waals surface area contributed by atoms with Gasteiger partial charge in [-0.05, 0) is 25.7 Å². The van der Waals surface area contributed by atoms with Crippen LogP contribution < -0.4 is 4.72 Å². The van der Waals surface area contributed by atoms with E-state index in [4.69, 9.17) is 5.11 Å². The molecule has 1 fully saturated rings. The van der Waals surface area contributed by atoms with Crippen LogP contribution in [0.4, 0.5) is 0 Å². The number of rotatable bonds is 5. The summed E-state index contributed by atoms with van der Waals surface area (Å²) < 4.78 is 47.2. The summed E-state index contributed by atoms with van der Waals surface area (Å²) in [6.45, 7) is 0. The highest BCUT2D eigenvalue weighted by atomic mass is 32.3. The smallest absolute Gasteiger partial charge is 0.306 e. The Balaban J connectivity index is 2.53. The number of sulfonamides is 1. The van der Waals surface area contributed by atoms with Crippen molar-refractivity contribution in [2.75, 3.05) is 11.3 Å². The van der Waals surface area contributed by atoms with Crippen molar-refractivity contribution in [3.63, 3.8) is 0 Å². The predicted molar refractivity (Wildman–Crippen MR) is 65.1 cm³/mol. The van der Waals surface area contributed by atoms with E-state index in [1.165, 1.54) is 0 Å². The highest BCUT2D eigenvalue weighted by Crippen LogP contribution is 2.24. The van der Waals surface area contributed by atoms with Gasteiger partial charge in [-0.2, -0.15) is 0 Å². The summed E-state index contributed by atoms with van der Waals surface area (Å²) in [6.07, 6.45) is 2.50. The monoisotopic (exact) mass is 299 g/mol. The molecule has 9 heteroatoms. The Morgan fingerprint density at radius 1 is 1.17 bits per heavy atom. The molecule has 1 aliphatic carbocycles. The molecule has 106 valence electrons. The SMILES string of the molecule is CS(=O)(=O)CS(=O)(=O)NC1CCC(C(=O)O)CC1. The molecule has 0 heterocycles. The topological polar surface area (TPSA) is 118 Å². The van der Waals surface area contributed by atoms with Gasteiger partial charge in [-0.25, -0.2) is 21.6 Å². The summed E-state index contributed by atoms with van der Waals surface area (Å²) in [6, 6.07) is -0.368. The van der Waals surface area contributed by atoms with Gasteiger partial charge < -0.3 is 5.11 Å². The van der Waals surface area contributed by atoms with E-state index in [1.54, 1.807) is 0 Å². The molecule has 0 aromatic rings. The van der Waals surface area contributed by atoms with E-state index >= 15 is 0 Å². The van der Waals surface area contributed by atoms with Crippen LogP contribution in [-0.2, 0) is 24.7 Å². The van der Waals surface area contributed by atoms with Crippen molar-refractivity contribution in [2.24, 2.45) is 5.92 Å². The van der Waals surface area contributed by atoms with Gasteiger partial charge in [0.1, 0.15) is 0 Å². The average molecular weight is 299 g/mol. The maximum Gasteiger partial charge on any atom is 0.306 e. The molecule has 0 aromatic heterocycles. The van der Waals surface area contributed by atoms with Gasteiger partial charge >= 0.3 is 5.97 Å². The van der Waals surface area contributed by atoms with E-state index in [0.29, 0.717) is 25.7 Å². The molecule has 18 heavy (non-hydrogen) atoms. The third-order valence-corrected chi connectivity index (χ3v) is 6.44. The van der Waals surface area contributed by atoms with Crippen molar-refractivity contribution >= 4 is 25.8 Å². The molecule has 0 radical (unpaired) electrons. The van der Waals surface area contributed by atoms with Crippen molar-refractivity contribution in [1.82, 2.24) is 4.72 Å². The Kier molecular flexibility index (Phi) is 4.73. The van der Waals surface area contributed by atoms with Crippen LogP contribution in [0.2, 0.25) is 0 Å². The van der Waals surface area contributed by atoms with Crippen LogP contribution in [0.5, 0.6) is 0 Å². The summed E-state index contributed by atoms with van der Waals surface area (Å²) in [5.41, 5.74) is 0. The highest BCUT2D eigenvalue weighted by Gasteiger charge is 2.29. The number of hydrogen-bond donors (Lipinski definition) is 2. The van der Waals surface area contributed by atoms with Crippen LogP contribution in [0.1, 0.15) is 25.7 Å². The van der Waals surface area contributed by atoms with E-state index in [1.807, 2.05) is 0 Å². The maximum atomic E-state index is 11.5. The quantitative estimate of drug-likeness (QED) is 0.710. The lowest BCUT2D eigenvalue weighted by Gasteiger charge is -2.26. The van der Waals surface area contributed by atoms with Gasteiger partial charge in [0, 0.05) is 12.3 Å². The molecule has 0 aliphatic heterocycles. The van der Waals surface area contributed by atoms with Crippen LogP contribution in [0.25, 0.3) is 0 Å². The van der Waals surface area contributed by atoms with Gasteiger partial charge in [-0.15, -0.1) is 0 Å². The second-order valence-corrected chi connectivity index (χ2v) is 8.92. The summed E-state index contributed by atoms with van der Waals surface area (Å²) in [4.78, 5) is 10.7. The van der Waals surface area contributed by atoms with E-state index in [-0.39, 0.29) is 6.04 Å². The highest BCUT2D eigenvalue weighted by molar-refractivity contribution is 8.06. The minimum atomic E-state index is -3.86. The van der Waals surface area contributed by atoms with Gasteiger partial charge in [0.15, 0.2) is 14.9 Å². The molecule has 0 amide bonds. The lowest BCUT2D eigenvalue weighted by Crippen LogP contribution is -2.40. The summed E-state index contributed by atoms with van der Waals surface area (Å²) in [5, 5.41) is 7.86. The first kappa shape index (κ1) is 15.4. The summed E-state index contributed by atoms with van der Waals surface area (Å²) in [5.74, 6) is -1.30. The Bertz CT molecular complexity index is 501. The predicted octanol–water partition coefficient (Wildman–Crippen LogP) is -0.449. The Morgan fingerprint density at radius 2 is 1.67 bits per heavy atom. The molecule has 0 atom stereocenters. The van der Waals surface area contributed by atoms with Gasteiger partial charge in [-0.3, -0.25) is 4.79 Å². The van der Waals surface area contributed by atoms with Crippen LogP contribution in [0.3, 0.4) is 0 Å². The fraction of sp³-hybridized carbons (Fsp3) is 0.889. The molecule has 7 nitrogen and oxygen atoms in total. The molecule has 2 N–H and O–H groups in total. The number of aliphatic carboxylic acids is 1. The van der Waals surface area contributed by atoms with E-state index < -0.39 is 36.8 Å². The largest absolute Gasteiger partial charge is 0.481 e. The molecule has 0 spiro atoms. The van der Waals surface area contributed by atoms with Gasteiger partial charge in [-0.1, -0.05) is 0 Å². The lowest BCUT2D eigenvalue weighted by molar-refractivity contribution is -0.142. The Labute approximate surface area is 107 Å². The zero-order valence-corrected chi connectivity index (χ0v) is 11.6. The average Bonchev–Trinajstić information content (AvgIpc) is 2.13. The molecular weight excluding hydrogens is 282 g/mol. The molecule has 0 unspecified atom stereocenters. The first-order chi connectivity index (χ1) is 8.09. The van der Waals surface area contributed by atoms with Crippen molar-refractivity contribution in [1.29, 1.82) is 0 Å². The van der Waals surface area contributed by atoms with Crippen LogP contribution in [0.15, 0.2) is 0 Å². The molecular formula is C9H17NO6S2. The number of hydrogen-bond acceptors (Lipinski definition) is 5. The number of carboxylic acid groups (broad SMARTS) is 1. The van der Waals surface area contributed by atoms with Gasteiger partial charge in [0.2, 0.25) is 10.0 Å². The summed E-state index contributed by atoms with van der Waals surface area (Å²) in [7, 11) is -7.46. The standard InChI is InChI=1S/C9H17NO6S2/c1-17(13,14)6-18(15,16)10-8-4-2-7(3-5-8)9(11)12/h7-8,10H,2-6H2,1H3,(H,11,12). The molecule has 1 rings (SSSR count). The van der Waals surface area contributed by atoms with Crippen molar-refractivity contribution in [3.05, 3.63) is 0 Å². The van der Waals surface area contributed by atoms with E-state index in [9.17, 15) is 21.6 Å². The lowest BCUT2D eigenvalue weighted by atomic mass is 9.87. The van der Waals surface area contributed by atoms with Crippen LogP contribution in [0, 0.1) is 5.92 Å². The molecule has 1 aliphatic rings. The zero-order chi connectivity index (χ0) is 14.0. The van der Waals surface area contributed by atoms with Crippen LogP contribution in [-0.4, -0.2) is 45.3 Å². The fourth-order valence-corrected chi connectivity index (χ4v) is 5.30. The summed E-state index contributed by atoms with van der Waals surface area (Å²) >= 11 is 0. The molecule has 1 saturated carbocycles. The van der Waals surface area contributed by atoms with Crippen molar-refractivity contribution in [3.8, 4) is 0 Å². The first-order valence-corrected chi connectivity index (χ1v) is 9.21. The molecule has 0 bridgehead atoms.